The maximum absolute atomic E-state index is 15.1. The molecule has 2 rings (SSSR count). The summed E-state index contributed by atoms with van der Waals surface area (Å²) in [4.78, 5) is 27.2. The van der Waals surface area contributed by atoms with Gasteiger partial charge >= 0.3 is 17.6 Å². The summed E-state index contributed by atoms with van der Waals surface area (Å²) in [6.45, 7) is 9.65. The molecule has 8 nitrogen and oxygen atoms in total. The first-order valence-corrected chi connectivity index (χ1v) is 12.4. The second kappa shape index (κ2) is 8.29. The van der Waals surface area contributed by atoms with Gasteiger partial charge in [0, 0.05) is 6.20 Å². The highest BCUT2D eigenvalue weighted by Crippen LogP contribution is 2.45. The first kappa shape index (κ1) is 23.7. The number of aromatic nitrogens is 2. The van der Waals surface area contributed by atoms with Gasteiger partial charge in [-0.15, -0.1) is 11.6 Å². The minimum atomic E-state index is -3.73. The van der Waals surface area contributed by atoms with Crippen LogP contribution < -0.4 is 11.4 Å². The monoisotopic (exact) mass is 453 g/mol. The molecule has 2 heterocycles. The lowest BCUT2D eigenvalue weighted by molar-refractivity contribution is -0.174. The van der Waals surface area contributed by atoms with E-state index in [0.717, 1.165) is 6.20 Å². The topological polar surface area (TPSA) is 106 Å². The van der Waals surface area contributed by atoms with Crippen molar-refractivity contribution in [3.63, 3.8) is 0 Å². The fraction of sp³-hybridized carbons (Fsp3) is 0.706. The summed E-state index contributed by atoms with van der Waals surface area (Å²) in [7, 11) is -2.31. The molecule has 1 aromatic heterocycles. The van der Waals surface area contributed by atoms with Crippen molar-refractivity contribution >= 4 is 31.7 Å². The van der Waals surface area contributed by atoms with Crippen molar-refractivity contribution in [1.29, 1.82) is 0 Å². The SMILES string of the molecule is CC(C)(C)[Si](C)(C)OC[C@H]1O[C@@H](n2ccc(N)nc2=O)C(F)(F)C1OC(=O)CCl. The lowest BCUT2D eigenvalue weighted by Gasteiger charge is -2.37. The Balaban J connectivity index is 2.35. The number of hydrogen-bond donors (Lipinski definition) is 1. The lowest BCUT2D eigenvalue weighted by atomic mass is 10.1. The van der Waals surface area contributed by atoms with Gasteiger partial charge in [-0.25, -0.2) is 4.79 Å². The van der Waals surface area contributed by atoms with E-state index in [9.17, 15) is 9.59 Å². The molecule has 1 saturated heterocycles. The van der Waals surface area contributed by atoms with Crippen LogP contribution in [0.1, 0.15) is 27.0 Å². The molecule has 1 fully saturated rings. The zero-order valence-electron chi connectivity index (χ0n) is 16.9. The second-order valence-electron chi connectivity index (χ2n) is 8.36. The van der Waals surface area contributed by atoms with Gasteiger partial charge < -0.3 is 19.6 Å². The molecule has 0 aliphatic carbocycles. The molecule has 3 atom stereocenters. The van der Waals surface area contributed by atoms with Crippen LogP contribution in [0.2, 0.25) is 18.1 Å². The third kappa shape index (κ3) is 4.96. The minimum Gasteiger partial charge on any atom is -0.452 e. The number of carbonyl (C=O) groups excluding carboxylic acids is 1. The molecule has 29 heavy (non-hydrogen) atoms. The highest BCUT2D eigenvalue weighted by atomic mass is 35.5. The van der Waals surface area contributed by atoms with Crippen molar-refractivity contribution in [2.75, 3.05) is 18.2 Å². The summed E-state index contributed by atoms with van der Waals surface area (Å²) < 4.78 is 47.2. The van der Waals surface area contributed by atoms with Crippen LogP contribution in [-0.4, -0.2) is 54.5 Å². The smallest absolute Gasteiger partial charge is 0.351 e. The van der Waals surface area contributed by atoms with Gasteiger partial charge in [-0.3, -0.25) is 9.36 Å². The Morgan fingerprint density at radius 3 is 2.59 bits per heavy atom. The Morgan fingerprint density at radius 2 is 2.07 bits per heavy atom. The first-order valence-electron chi connectivity index (χ1n) is 8.98. The summed E-state index contributed by atoms with van der Waals surface area (Å²) in [5.41, 5.74) is 4.41. The molecule has 0 radical (unpaired) electrons. The number of carbonyl (C=O) groups is 1. The number of nitrogen functional groups attached to an aromatic ring is 1. The van der Waals surface area contributed by atoms with E-state index >= 15 is 8.78 Å². The molecule has 0 aromatic carbocycles. The average Bonchev–Trinajstić information content (AvgIpc) is 2.83. The van der Waals surface area contributed by atoms with Crippen LogP contribution in [0.4, 0.5) is 14.6 Å². The highest BCUT2D eigenvalue weighted by Gasteiger charge is 2.62. The van der Waals surface area contributed by atoms with E-state index in [1.54, 1.807) is 0 Å². The third-order valence-electron chi connectivity index (χ3n) is 5.24. The zero-order valence-corrected chi connectivity index (χ0v) is 18.7. The summed E-state index contributed by atoms with van der Waals surface area (Å²) in [6, 6.07) is 1.19. The lowest BCUT2D eigenvalue weighted by Crippen LogP contribution is -2.47. The van der Waals surface area contributed by atoms with Crippen molar-refractivity contribution in [3.8, 4) is 0 Å². The van der Waals surface area contributed by atoms with Crippen LogP contribution in [0.15, 0.2) is 17.1 Å². The van der Waals surface area contributed by atoms with E-state index in [0.29, 0.717) is 4.57 Å². The van der Waals surface area contributed by atoms with Gasteiger partial charge in [0.2, 0.25) is 6.23 Å². The standard InChI is InChI=1S/C17H26ClF2N3O5Si/c1-16(2,3)29(4,5)26-9-10-13(28-12(24)8-18)17(19,20)14(27-10)23-7-6-11(21)22-15(23)25/h6-7,10,13-14H,8-9H2,1-5H3,(H2,21,22,25)/t10-,13?,14-/m1/s1. The Hall–Kier alpha value is -1.56. The van der Waals surface area contributed by atoms with Gasteiger partial charge in [-0.1, -0.05) is 20.8 Å². The van der Waals surface area contributed by atoms with Gasteiger partial charge in [0.15, 0.2) is 14.4 Å². The molecule has 1 aliphatic rings. The molecule has 2 N–H and O–H groups in total. The molecule has 1 unspecified atom stereocenters. The predicted octanol–water partition coefficient (Wildman–Crippen LogP) is 2.53. The normalized spacial score (nSPS) is 24.5. The Kier molecular flexibility index (Phi) is 6.78. The number of hydrogen-bond acceptors (Lipinski definition) is 7. The van der Waals surface area contributed by atoms with Crippen molar-refractivity contribution < 1.29 is 27.5 Å². The molecule has 1 aromatic rings. The largest absolute Gasteiger partial charge is 0.452 e. The second-order valence-corrected chi connectivity index (χ2v) is 13.4. The van der Waals surface area contributed by atoms with Crippen LogP contribution in [-0.2, 0) is 18.7 Å². The molecular weight excluding hydrogens is 428 g/mol. The van der Waals surface area contributed by atoms with Gasteiger partial charge in [0.1, 0.15) is 17.8 Å². The average molecular weight is 454 g/mol. The quantitative estimate of drug-likeness (QED) is 0.400. The molecule has 164 valence electrons. The van der Waals surface area contributed by atoms with Crippen molar-refractivity contribution in [1.82, 2.24) is 9.55 Å². The summed E-state index contributed by atoms with van der Waals surface area (Å²) in [5.74, 6) is -5.47. The van der Waals surface area contributed by atoms with Crippen LogP contribution >= 0.6 is 11.6 Å². The van der Waals surface area contributed by atoms with Gasteiger partial charge in [-0.05, 0) is 24.2 Å². The van der Waals surface area contributed by atoms with Gasteiger partial charge in [-0.2, -0.15) is 13.8 Å². The van der Waals surface area contributed by atoms with E-state index in [1.165, 1.54) is 6.07 Å². The molecule has 0 bridgehead atoms. The Labute approximate surface area is 173 Å². The molecular formula is C17H26ClF2N3O5Si. The van der Waals surface area contributed by atoms with Gasteiger partial charge in [0.25, 0.3) is 0 Å². The molecule has 1 aliphatic heterocycles. The van der Waals surface area contributed by atoms with Crippen LogP contribution in [0.3, 0.4) is 0 Å². The van der Waals surface area contributed by atoms with Crippen LogP contribution in [0.25, 0.3) is 0 Å². The number of ether oxygens (including phenoxy) is 2. The fourth-order valence-electron chi connectivity index (χ4n) is 2.53. The van der Waals surface area contributed by atoms with Crippen molar-refractivity contribution in [2.24, 2.45) is 0 Å². The molecule has 12 heteroatoms. The molecule has 0 saturated carbocycles. The third-order valence-corrected chi connectivity index (χ3v) is 9.96. The van der Waals surface area contributed by atoms with Crippen molar-refractivity contribution in [3.05, 3.63) is 22.7 Å². The number of alkyl halides is 3. The number of rotatable bonds is 6. The number of nitrogens with two attached hydrogens (primary N) is 1. The number of nitrogens with zero attached hydrogens (tertiary/aromatic N) is 2. The summed E-state index contributed by atoms with van der Waals surface area (Å²) >= 11 is 5.41. The van der Waals surface area contributed by atoms with Gasteiger partial charge in [0.05, 0.1) is 6.61 Å². The van der Waals surface area contributed by atoms with E-state index in [4.69, 9.17) is 31.2 Å². The maximum Gasteiger partial charge on any atom is 0.351 e. The number of esters is 1. The summed E-state index contributed by atoms with van der Waals surface area (Å²) in [5, 5.41) is -0.173. The van der Waals surface area contributed by atoms with Crippen molar-refractivity contribution in [2.45, 2.75) is 63.3 Å². The van der Waals surface area contributed by atoms with E-state index in [-0.39, 0.29) is 17.5 Å². The van der Waals surface area contributed by atoms with E-state index in [2.05, 4.69) is 4.98 Å². The van der Waals surface area contributed by atoms with Crippen LogP contribution in [0, 0.1) is 0 Å². The maximum atomic E-state index is 15.1. The number of halogens is 3. The van der Waals surface area contributed by atoms with E-state index in [1.807, 2.05) is 33.9 Å². The summed E-state index contributed by atoms with van der Waals surface area (Å²) in [6.07, 6.45) is -4.27. The fourth-order valence-corrected chi connectivity index (χ4v) is 3.61. The predicted molar refractivity (Wildman–Crippen MR) is 106 cm³/mol. The first-order chi connectivity index (χ1) is 13.2. The molecule has 0 amide bonds. The Morgan fingerprint density at radius 1 is 1.45 bits per heavy atom. The number of anilines is 1. The highest BCUT2D eigenvalue weighted by molar-refractivity contribution is 6.74. The zero-order chi connectivity index (χ0) is 22.2. The Bertz CT molecular complexity index is 815. The van der Waals surface area contributed by atoms with Crippen LogP contribution in [0.5, 0.6) is 0 Å². The minimum absolute atomic E-state index is 0.115. The molecule has 0 spiro atoms. The van der Waals surface area contributed by atoms with E-state index < -0.39 is 50.2 Å².